The molecule has 18 heavy (non-hydrogen) atoms. The SMILES string of the molecule is CC(=O)CS[C@H](C(=O)NC1CC1)c1ccccc1. The van der Waals surface area contributed by atoms with Gasteiger partial charge in [-0.1, -0.05) is 30.3 Å². The Kier molecular flexibility index (Phi) is 4.42. The van der Waals surface area contributed by atoms with Gasteiger partial charge in [-0.2, -0.15) is 0 Å². The van der Waals surface area contributed by atoms with E-state index in [0.29, 0.717) is 11.8 Å². The number of ketones is 1. The number of hydrogen-bond donors (Lipinski definition) is 1. The zero-order chi connectivity index (χ0) is 13.0. The van der Waals surface area contributed by atoms with Crippen LogP contribution in [-0.4, -0.2) is 23.5 Å². The Morgan fingerprint density at radius 1 is 1.33 bits per heavy atom. The van der Waals surface area contributed by atoms with E-state index >= 15 is 0 Å². The summed E-state index contributed by atoms with van der Waals surface area (Å²) in [7, 11) is 0. The fraction of sp³-hybridized carbons (Fsp3) is 0.429. The minimum Gasteiger partial charge on any atom is -0.352 e. The molecule has 0 bridgehead atoms. The van der Waals surface area contributed by atoms with Gasteiger partial charge in [-0.3, -0.25) is 9.59 Å². The number of nitrogens with one attached hydrogen (secondary N) is 1. The van der Waals surface area contributed by atoms with E-state index in [1.165, 1.54) is 11.8 Å². The minimum atomic E-state index is -0.282. The van der Waals surface area contributed by atoms with Gasteiger partial charge in [0.05, 0.1) is 5.75 Å². The van der Waals surface area contributed by atoms with Gasteiger partial charge in [-0.25, -0.2) is 0 Å². The Hall–Kier alpha value is -1.29. The lowest BCUT2D eigenvalue weighted by atomic mass is 10.1. The third-order valence-corrected chi connectivity index (χ3v) is 4.11. The van der Waals surface area contributed by atoms with Crippen molar-refractivity contribution >= 4 is 23.5 Å². The van der Waals surface area contributed by atoms with Gasteiger partial charge in [0.1, 0.15) is 11.0 Å². The van der Waals surface area contributed by atoms with Crippen molar-refractivity contribution in [3.8, 4) is 0 Å². The van der Waals surface area contributed by atoms with Crippen molar-refractivity contribution in [2.24, 2.45) is 0 Å². The fourth-order valence-electron chi connectivity index (χ4n) is 1.66. The van der Waals surface area contributed by atoms with Crippen LogP contribution in [0.5, 0.6) is 0 Å². The van der Waals surface area contributed by atoms with Crippen LogP contribution in [0.15, 0.2) is 30.3 Å². The number of amides is 1. The van der Waals surface area contributed by atoms with Gasteiger partial charge < -0.3 is 5.32 Å². The molecule has 0 aliphatic heterocycles. The second-order valence-corrected chi connectivity index (χ2v) is 5.68. The maximum absolute atomic E-state index is 12.2. The highest BCUT2D eigenvalue weighted by molar-refractivity contribution is 8.00. The van der Waals surface area contributed by atoms with Gasteiger partial charge in [0.15, 0.2) is 0 Å². The van der Waals surface area contributed by atoms with E-state index in [0.717, 1.165) is 18.4 Å². The average molecular weight is 263 g/mol. The maximum atomic E-state index is 12.2. The van der Waals surface area contributed by atoms with Crippen molar-refractivity contribution in [2.45, 2.75) is 31.1 Å². The molecule has 1 amide bonds. The number of hydrogen-bond acceptors (Lipinski definition) is 3. The van der Waals surface area contributed by atoms with Crippen LogP contribution in [-0.2, 0) is 9.59 Å². The van der Waals surface area contributed by atoms with E-state index in [-0.39, 0.29) is 16.9 Å². The van der Waals surface area contributed by atoms with Crippen LogP contribution < -0.4 is 5.32 Å². The number of Topliss-reactive ketones (excluding diaryl/α,β-unsaturated/α-hetero) is 1. The third kappa shape index (κ3) is 3.88. The summed E-state index contributed by atoms with van der Waals surface area (Å²) in [5.41, 5.74) is 0.960. The van der Waals surface area contributed by atoms with E-state index in [1.807, 2.05) is 30.3 Å². The Labute approximate surface area is 111 Å². The molecule has 1 aliphatic carbocycles. The largest absolute Gasteiger partial charge is 0.352 e. The Morgan fingerprint density at radius 2 is 2.00 bits per heavy atom. The summed E-state index contributed by atoms with van der Waals surface area (Å²) in [6, 6.07) is 9.98. The zero-order valence-corrected chi connectivity index (χ0v) is 11.2. The fourth-order valence-corrected chi connectivity index (χ4v) is 2.63. The van der Waals surface area contributed by atoms with E-state index < -0.39 is 0 Å². The van der Waals surface area contributed by atoms with Crippen molar-refractivity contribution in [1.29, 1.82) is 0 Å². The number of carbonyl (C=O) groups excluding carboxylic acids is 2. The molecule has 1 aliphatic rings. The summed E-state index contributed by atoms with van der Waals surface area (Å²) in [6.07, 6.45) is 2.15. The Morgan fingerprint density at radius 3 is 2.56 bits per heavy atom. The van der Waals surface area contributed by atoms with E-state index in [1.54, 1.807) is 6.92 Å². The van der Waals surface area contributed by atoms with Gasteiger partial charge in [-0.15, -0.1) is 11.8 Å². The van der Waals surface area contributed by atoms with Crippen LogP contribution in [0.25, 0.3) is 0 Å². The highest BCUT2D eigenvalue weighted by Crippen LogP contribution is 2.30. The van der Waals surface area contributed by atoms with Crippen LogP contribution in [0.3, 0.4) is 0 Å². The molecule has 0 radical (unpaired) electrons. The molecule has 0 unspecified atom stereocenters. The molecule has 0 aromatic heterocycles. The normalized spacial score (nSPS) is 16.1. The molecule has 1 atom stereocenters. The van der Waals surface area contributed by atoms with Gasteiger partial charge in [0, 0.05) is 6.04 Å². The van der Waals surface area contributed by atoms with E-state index in [2.05, 4.69) is 5.32 Å². The lowest BCUT2D eigenvalue weighted by Crippen LogP contribution is -2.30. The predicted octanol–water partition coefficient (Wildman–Crippen LogP) is 2.33. The number of thioether (sulfide) groups is 1. The smallest absolute Gasteiger partial charge is 0.237 e. The molecular weight excluding hydrogens is 246 g/mol. The molecule has 0 spiro atoms. The molecule has 4 heteroatoms. The van der Waals surface area contributed by atoms with Crippen molar-refractivity contribution in [3.05, 3.63) is 35.9 Å². The first-order valence-corrected chi connectivity index (χ1v) is 7.18. The van der Waals surface area contributed by atoms with Crippen LogP contribution in [0, 0.1) is 0 Å². The van der Waals surface area contributed by atoms with Gasteiger partial charge in [0.2, 0.25) is 5.91 Å². The van der Waals surface area contributed by atoms with Gasteiger partial charge in [0.25, 0.3) is 0 Å². The molecule has 1 N–H and O–H groups in total. The van der Waals surface area contributed by atoms with Gasteiger partial charge in [-0.05, 0) is 25.3 Å². The first kappa shape index (κ1) is 13.1. The average Bonchev–Trinajstić information content (AvgIpc) is 3.14. The standard InChI is InChI=1S/C14H17NO2S/c1-10(16)9-18-13(11-5-3-2-4-6-11)14(17)15-12-7-8-12/h2-6,12-13H,7-9H2,1H3,(H,15,17)/t13-/m0/s1. The zero-order valence-electron chi connectivity index (χ0n) is 10.4. The second kappa shape index (κ2) is 6.05. The Bertz CT molecular complexity index is 429. The van der Waals surface area contributed by atoms with Crippen molar-refractivity contribution in [3.63, 3.8) is 0 Å². The summed E-state index contributed by atoms with van der Waals surface area (Å²) >= 11 is 1.40. The molecule has 1 fully saturated rings. The van der Waals surface area contributed by atoms with E-state index in [9.17, 15) is 9.59 Å². The summed E-state index contributed by atoms with van der Waals surface area (Å²) < 4.78 is 0. The summed E-state index contributed by atoms with van der Waals surface area (Å²) in [6.45, 7) is 1.55. The highest BCUT2D eigenvalue weighted by Gasteiger charge is 2.28. The monoisotopic (exact) mass is 263 g/mol. The summed E-state index contributed by atoms with van der Waals surface area (Å²) in [5, 5.41) is 2.72. The number of benzene rings is 1. The number of rotatable bonds is 6. The molecule has 1 saturated carbocycles. The quantitative estimate of drug-likeness (QED) is 0.857. The molecule has 0 saturated heterocycles. The second-order valence-electron chi connectivity index (χ2n) is 4.59. The Balaban J connectivity index is 2.05. The highest BCUT2D eigenvalue weighted by atomic mass is 32.2. The third-order valence-electron chi connectivity index (χ3n) is 2.72. The van der Waals surface area contributed by atoms with Crippen molar-refractivity contribution < 1.29 is 9.59 Å². The van der Waals surface area contributed by atoms with Crippen LogP contribution in [0.4, 0.5) is 0 Å². The summed E-state index contributed by atoms with van der Waals surface area (Å²) in [4.78, 5) is 23.2. The molecular formula is C14H17NO2S. The van der Waals surface area contributed by atoms with E-state index in [4.69, 9.17) is 0 Å². The van der Waals surface area contributed by atoms with Gasteiger partial charge >= 0.3 is 0 Å². The lowest BCUT2D eigenvalue weighted by Gasteiger charge is -2.16. The maximum Gasteiger partial charge on any atom is 0.237 e. The predicted molar refractivity (Wildman–Crippen MR) is 73.5 cm³/mol. The molecule has 1 aromatic rings. The van der Waals surface area contributed by atoms with Crippen LogP contribution >= 0.6 is 11.8 Å². The molecule has 0 heterocycles. The first-order valence-electron chi connectivity index (χ1n) is 6.13. The van der Waals surface area contributed by atoms with Crippen molar-refractivity contribution in [2.75, 3.05) is 5.75 Å². The van der Waals surface area contributed by atoms with Crippen LogP contribution in [0.2, 0.25) is 0 Å². The lowest BCUT2D eigenvalue weighted by molar-refractivity contribution is -0.120. The molecule has 3 nitrogen and oxygen atoms in total. The minimum absolute atomic E-state index is 0.0231. The molecule has 96 valence electrons. The topological polar surface area (TPSA) is 46.2 Å². The summed E-state index contributed by atoms with van der Waals surface area (Å²) in [5.74, 6) is 0.493. The number of carbonyl (C=O) groups is 2. The molecule has 2 rings (SSSR count). The van der Waals surface area contributed by atoms with Crippen LogP contribution in [0.1, 0.15) is 30.6 Å². The van der Waals surface area contributed by atoms with Crippen molar-refractivity contribution in [1.82, 2.24) is 5.32 Å². The molecule has 1 aromatic carbocycles. The first-order chi connectivity index (χ1) is 8.66.